The Bertz CT molecular complexity index is 908. The van der Waals surface area contributed by atoms with Crippen molar-refractivity contribution in [3.05, 3.63) is 58.7 Å². The molecule has 0 heterocycles. The molecular formula is C20H18O5. The van der Waals surface area contributed by atoms with E-state index in [2.05, 4.69) is 0 Å². The van der Waals surface area contributed by atoms with Gasteiger partial charge >= 0.3 is 5.97 Å². The largest absolute Gasteiger partial charge is 0.507 e. The average Bonchev–Trinajstić information content (AvgIpc) is 2.60. The highest BCUT2D eigenvalue weighted by atomic mass is 16.5. The maximum Gasteiger partial charge on any atom is 0.316 e. The molecule has 0 unspecified atom stereocenters. The minimum atomic E-state index is -0.732. The average molecular weight is 338 g/mol. The SMILES string of the molecule is CCC(C)(C)C(=O)Oc1ccc(O)c2c1C(=O)c1ccccc1C2=O. The number of hydrogen-bond acceptors (Lipinski definition) is 5. The maximum atomic E-state index is 12.9. The van der Waals surface area contributed by atoms with Gasteiger partial charge in [-0.1, -0.05) is 31.2 Å². The fourth-order valence-corrected chi connectivity index (χ4v) is 2.64. The van der Waals surface area contributed by atoms with Crippen molar-refractivity contribution in [3.63, 3.8) is 0 Å². The van der Waals surface area contributed by atoms with E-state index in [-0.39, 0.29) is 33.8 Å². The van der Waals surface area contributed by atoms with Crippen molar-refractivity contribution < 1.29 is 24.2 Å². The molecule has 2 aromatic carbocycles. The Morgan fingerprint density at radius 2 is 1.56 bits per heavy atom. The Morgan fingerprint density at radius 1 is 1.00 bits per heavy atom. The molecule has 1 N–H and O–H groups in total. The molecule has 2 aromatic rings. The molecule has 0 aliphatic heterocycles. The van der Waals surface area contributed by atoms with E-state index in [9.17, 15) is 19.5 Å². The summed E-state index contributed by atoms with van der Waals surface area (Å²) in [4.78, 5) is 38.0. The quantitative estimate of drug-likeness (QED) is 0.584. The fraction of sp³-hybridized carbons (Fsp3) is 0.250. The molecule has 3 rings (SSSR count). The van der Waals surface area contributed by atoms with Gasteiger partial charge in [0.2, 0.25) is 0 Å². The van der Waals surface area contributed by atoms with Crippen LogP contribution >= 0.6 is 0 Å². The van der Waals surface area contributed by atoms with Crippen molar-refractivity contribution in [2.24, 2.45) is 5.41 Å². The standard InChI is InChI=1S/C20H18O5/c1-4-20(2,3)19(24)25-14-10-9-13(21)15-16(14)18(23)12-8-6-5-7-11(12)17(15)22/h5-10,21H,4H2,1-3H3. The van der Waals surface area contributed by atoms with Crippen LogP contribution in [-0.4, -0.2) is 22.6 Å². The summed E-state index contributed by atoms with van der Waals surface area (Å²) < 4.78 is 5.43. The van der Waals surface area contributed by atoms with E-state index in [0.29, 0.717) is 6.42 Å². The molecule has 1 aliphatic rings. The monoisotopic (exact) mass is 338 g/mol. The van der Waals surface area contributed by atoms with E-state index in [1.165, 1.54) is 18.2 Å². The highest BCUT2D eigenvalue weighted by Gasteiger charge is 2.36. The van der Waals surface area contributed by atoms with Gasteiger partial charge in [0.15, 0.2) is 11.6 Å². The van der Waals surface area contributed by atoms with Gasteiger partial charge in [-0.2, -0.15) is 0 Å². The predicted octanol–water partition coefficient (Wildman–Crippen LogP) is 3.51. The molecular weight excluding hydrogens is 320 g/mol. The smallest absolute Gasteiger partial charge is 0.316 e. The summed E-state index contributed by atoms with van der Waals surface area (Å²) in [5.41, 5.74) is -0.456. The number of ether oxygens (including phenoxy) is 1. The van der Waals surface area contributed by atoms with Crippen molar-refractivity contribution >= 4 is 17.5 Å². The van der Waals surface area contributed by atoms with Crippen LogP contribution < -0.4 is 4.74 Å². The van der Waals surface area contributed by atoms with Gasteiger partial charge in [-0.3, -0.25) is 14.4 Å². The number of carbonyl (C=O) groups is 3. The second-order valence-electron chi connectivity index (χ2n) is 6.66. The number of ketones is 2. The Labute approximate surface area is 145 Å². The van der Waals surface area contributed by atoms with Gasteiger partial charge in [-0.15, -0.1) is 0 Å². The summed E-state index contributed by atoms with van der Waals surface area (Å²) in [5, 5.41) is 10.1. The summed E-state index contributed by atoms with van der Waals surface area (Å²) in [7, 11) is 0. The van der Waals surface area contributed by atoms with Gasteiger partial charge in [-0.05, 0) is 32.4 Å². The second-order valence-corrected chi connectivity index (χ2v) is 6.66. The van der Waals surface area contributed by atoms with Crippen molar-refractivity contribution in [2.75, 3.05) is 0 Å². The minimum Gasteiger partial charge on any atom is -0.507 e. The molecule has 0 fully saturated rings. The molecule has 0 saturated carbocycles. The van der Waals surface area contributed by atoms with Crippen LogP contribution in [0, 0.1) is 5.41 Å². The van der Waals surface area contributed by atoms with Crippen LogP contribution in [0.1, 0.15) is 59.0 Å². The Kier molecular flexibility index (Phi) is 3.95. The number of carbonyl (C=O) groups excluding carboxylic acids is 3. The summed E-state index contributed by atoms with van der Waals surface area (Å²) in [6.07, 6.45) is 0.557. The number of hydrogen-bond donors (Lipinski definition) is 1. The van der Waals surface area contributed by atoms with Gasteiger partial charge in [0.05, 0.1) is 16.5 Å². The molecule has 5 nitrogen and oxygen atoms in total. The molecule has 0 spiro atoms. The zero-order valence-corrected chi connectivity index (χ0v) is 14.3. The molecule has 1 aliphatic carbocycles. The van der Waals surface area contributed by atoms with E-state index < -0.39 is 23.0 Å². The van der Waals surface area contributed by atoms with Crippen LogP contribution in [0.2, 0.25) is 0 Å². The summed E-state index contributed by atoms with van der Waals surface area (Å²) in [5.74, 6) is -1.72. The summed E-state index contributed by atoms with van der Waals surface area (Å²) in [6, 6.07) is 9.00. The zero-order valence-electron chi connectivity index (χ0n) is 14.3. The normalized spacial score (nSPS) is 13.2. The molecule has 128 valence electrons. The topological polar surface area (TPSA) is 80.7 Å². The molecule has 0 radical (unpaired) electrons. The number of rotatable bonds is 3. The van der Waals surface area contributed by atoms with Gasteiger partial charge in [0, 0.05) is 11.1 Å². The van der Waals surface area contributed by atoms with Gasteiger partial charge in [0.25, 0.3) is 0 Å². The van der Waals surface area contributed by atoms with E-state index >= 15 is 0 Å². The van der Waals surface area contributed by atoms with Crippen molar-refractivity contribution in [1.29, 1.82) is 0 Å². The zero-order chi connectivity index (χ0) is 18.4. The number of phenolic OH excluding ortho intramolecular Hbond substituents is 1. The van der Waals surface area contributed by atoms with E-state index in [4.69, 9.17) is 4.74 Å². The Hall–Kier alpha value is -2.95. The Balaban J connectivity index is 2.15. The van der Waals surface area contributed by atoms with Crippen molar-refractivity contribution in [2.45, 2.75) is 27.2 Å². The van der Waals surface area contributed by atoms with Gasteiger partial charge in [0.1, 0.15) is 11.5 Å². The lowest BCUT2D eigenvalue weighted by Crippen LogP contribution is -2.30. The van der Waals surface area contributed by atoms with E-state index in [1.54, 1.807) is 32.0 Å². The van der Waals surface area contributed by atoms with Crippen molar-refractivity contribution in [1.82, 2.24) is 0 Å². The van der Waals surface area contributed by atoms with Gasteiger partial charge < -0.3 is 9.84 Å². The lowest BCUT2D eigenvalue weighted by molar-refractivity contribution is -0.144. The third-order valence-electron chi connectivity index (χ3n) is 4.65. The number of fused-ring (bicyclic) bond motifs is 2. The molecule has 0 amide bonds. The van der Waals surface area contributed by atoms with Crippen LogP contribution in [0.15, 0.2) is 36.4 Å². The summed E-state index contributed by atoms with van der Waals surface area (Å²) >= 11 is 0. The highest BCUT2D eigenvalue weighted by Crippen LogP contribution is 2.38. The van der Waals surface area contributed by atoms with Crippen LogP contribution in [0.25, 0.3) is 0 Å². The van der Waals surface area contributed by atoms with Crippen LogP contribution in [0.4, 0.5) is 0 Å². The summed E-state index contributed by atoms with van der Waals surface area (Å²) in [6.45, 7) is 5.34. The van der Waals surface area contributed by atoms with Crippen LogP contribution in [0.3, 0.4) is 0 Å². The molecule has 0 bridgehead atoms. The molecule has 0 saturated heterocycles. The fourth-order valence-electron chi connectivity index (χ4n) is 2.64. The molecule has 0 aromatic heterocycles. The van der Waals surface area contributed by atoms with Crippen LogP contribution in [0.5, 0.6) is 11.5 Å². The van der Waals surface area contributed by atoms with E-state index in [1.807, 2.05) is 6.92 Å². The molecule has 25 heavy (non-hydrogen) atoms. The maximum absolute atomic E-state index is 12.9. The first-order valence-corrected chi connectivity index (χ1v) is 8.04. The van der Waals surface area contributed by atoms with E-state index in [0.717, 1.165) is 0 Å². The molecule has 5 heteroatoms. The number of phenols is 1. The lowest BCUT2D eigenvalue weighted by Gasteiger charge is -2.24. The highest BCUT2D eigenvalue weighted by molar-refractivity contribution is 6.30. The number of benzene rings is 2. The first kappa shape index (κ1) is 16.9. The second kappa shape index (κ2) is 5.84. The lowest BCUT2D eigenvalue weighted by atomic mass is 9.83. The van der Waals surface area contributed by atoms with Crippen molar-refractivity contribution in [3.8, 4) is 11.5 Å². The van der Waals surface area contributed by atoms with Gasteiger partial charge in [-0.25, -0.2) is 0 Å². The molecule has 0 atom stereocenters. The third-order valence-corrected chi connectivity index (χ3v) is 4.65. The predicted molar refractivity (Wildman–Crippen MR) is 91.1 cm³/mol. The first-order chi connectivity index (χ1) is 11.8. The van der Waals surface area contributed by atoms with Crippen LogP contribution in [-0.2, 0) is 4.79 Å². The number of esters is 1. The minimum absolute atomic E-state index is 0.00724. The Morgan fingerprint density at radius 3 is 2.12 bits per heavy atom. The number of aromatic hydroxyl groups is 1. The third kappa shape index (κ3) is 2.61. The first-order valence-electron chi connectivity index (χ1n) is 8.04.